The molecule has 1 aliphatic heterocycles. The SMILES string of the molecule is CCOc1ccc(C(=O)NCCN2CCCC2)cc1.Cl. The van der Waals surface area contributed by atoms with Crippen LogP contribution in [0.4, 0.5) is 0 Å². The molecule has 0 aromatic heterocycles. The molecule has 0 bridgehead atoms. The number of hydrogen-bond donors (Lipinski definition) is 1. The number of amides is 1. The number of likely N-dealkylation sites (tertiary alicyclic amines) is 1. The van der Waals surface area contributed by atoms with Crippen molar-refractivity contribution in [2.45, 2.75) is 19.8 Å². The van der Waals surface area contributed by atoms with Crippen LogP contribution in [0.25, 0.3) is 0 Å². The summed E-state index contributed by atoms with van der Waals surface area (Å²) < 4.78 is 5.35. The number of benzene rings is 1. The number of nitrogens with one attached hydrogen (secondary N) is 1. The standard InChI is InChI=1S/C15H22N2O2.ClH/c1-2-19-14-7-5-13(6-8-14)15(18)16-9-12-17-10-3-4-11-17;/h5-8H,2-4,9-12H2,1H3,(H,16,18);1H. The number of rotatable bonds is 6. The van der Waals surface area contributed by atoms with Gasteiger partial charge in [-0.15, -0.1) is 12.4 Å². The van der Waals surface area contributed by atoms with Gasteiger partial charge in [0.2, 0.25) is 0 Å². The van der Waals surface area contributed by atoms with Crippen LogP contribution in [0.5, 0.6) is 5.75 Å². The monoisotopic (exact) mass is 298 g/mol. The zero-order valence-corrected chi connectivity index (χ0v) is 12.7. The predicted octanol–water partition coefficient (Wildman–Crippen LogP) is 2.33. The summed E-state index contributed by atoms with van der Waals surface area (Å²) in [5, 5.41) is 2.96. The Kier molecular flexibility index (Phi) is 7.41. The molecule has 0 saturated carbocycles. The van der Waals surface area contributed by atoms with Gasteiger partial charge >= 0.3 is 0 Å². The quantitative estimate of drug-likeness (QED) is 0.876. The number of hydrogen-bond acceptors (Lipinski definition) is 3. The molecule has 0 unspecified atom stereocenters. The minimum absolute atomic E-state index is 0. The average molecular weight is 299 g/mol. The van der Waals surface area contributed by atoms with Crippen molar-refractivity contribution in [3.8, 4) is 5.75 Å². The van der Waals surface area contributed by atoms with Gasteiger partial charge in [-0.3, -0.25) is 4.79 Å². The molecule has 4 nitrogen and oxygen atoms in total. The van der Waals surface area contributed by atoms with E-state index in [-0.39, 0.29) is 18.3 Å². The van der Waals surface area contributed by atoms with Gasteiger partial charge in [0.05, 0.1) is 6.61 Å². The van der Waals surface area contributed by atoms with Crippen LogP contribution in [0, 0.1) is 0 Å². The van der Waals surface area contributed by atoms with Crippen LogP contribution in [0.2, 0.25) is 0 Å². The molecule has 20 heavy (non-hydrogen) atoms. The Morgan fingerprint density at radius 2 is 1.90 bits per heavy atom. The highest BCUT2D eigenvalue weighted by Gasteiger charge is 2.11. The zero-order chi connectivity index (χ0) is 13.5. The lowest BCUT2D eigenvalue weighted by Gasteiger charge is -2.14. The molecule has 0 aliphatic carbocycles. The van der Waals surface area contributed by atoms with Crippen LogP contribution in [-0.4, -0.2) is 43.6 Å². The normalized spacial score (nSPS) is 14.7. The Morgan fingerprint density at radius 3 is 2.50 bits per heavy atom. The number of halogens is 1. The van der Waals surface area contributed by atoms with Crippen LogP contribution in [0.1, 0.15) is 30.1 Å². The second-order valence-electron chi connectivity index (χ2n) is 4.76. The van der Waals surface area contributed by atoms with Crippen LogP contribution in [0.15, 0.2) is 24.3 Å². The summed E-state index contributed by atoms with van der Waals surface area (Å²) in [6.45, 7) is 6.58. The van der Waals surface area contributed by atoms with Gasteiger partial charge < -0.3 is 15.0 Å². The summed E-state index contributed by atoms with van der Waals surface area (Å²) in [4.78, 5) is 14.3. The van der Waals surface area contributed by atoms with E-state index in [9.17, 15) is 4.79 Å². The summed E-state index contributed by atoms with van der Waals surface area (Å²) in [6.07, 6.45) is 2.57. The molecule has 0 spiro atoms. The Morgan fingerprint density at radius 1 is 1.25 bits per heavy atom. The number of ether oxygens (including phenoxy) is 1. The highest BCUT2D eigenvalue weighted by atomic mass is 35.5. The van der Waals surface area contributed by atoms with Crippen molar-refractivity contribution in [3.05, 3.63) is 29.8 Å². The molecular formula is C15H23ClN2O2. The Hall–Kier alpha value is -1.26. The van der Waals surface area contributed by atoms with E-state index in [4.69, 9.17) is 4.74 Å². The van der Waals surface area contributed by atoms with Crippen molar-refractivity contribution in [1.29, 1.82) is 0 Å². The molecule has 1 heterocycles. The van der Waals surface area contributed by atoms with E-state index < -0.39 is 0 Å². The predicted molar refractivity (Wildman–Crippen MR) is 82.9 cm³/mol. The van der Waals surface area contributed by atoms with Gasteiger partial charge in [-0.2, -0.15) is 0 Å². The summed E-state index contributed by atoms with van der Waals surface area (Å²) in [5.74, 6) is 0.790. The van der Waals surface area contributed by atoms with E-state index >= 15 is 0 Å². The topological polar surface area (TPSA) is 41.6 Å². The van der Waals surface area contributed by atoms with Crippen LogP contribution < -0.4 is 10.1 Å². The van der Waals surface area contributed by atoms with Crippen molar-refractivity contribution in [3.63, 3.8) is 0 Å². The van der Waals surface area contributed by atoms with Crippen LogP contribution in [-0.2, 0) is 0 Å². The smallest absolute Gasteiger partial charge is 0.251 e. The first kappa shape index (κ1) is 16.8. The fourth-order valence-electron chi connectivity index (χ4n) is 2.31. The second kappa shape index (κ2) is 8.82. The van der Waals surface area contributed by atoms with Gasteiger partial charge in [0.25, 0.3) is 5.91 Å². The maximum absolute atomic E-state index is 11.9. The van der Waals surface area contributed by atoms with E-state index in [1.165, 1.54) is 25.9 Å². The van der Waals surface area contributed by atoms with Gasteiger partial charge in [-0.25, -0.2) is 0 Å². The van der Waals surface area contributed by atoms with E-state index in [0.717, 1.165) is 12.3 Å². The highest BCUT2D eigenvalue weighted by molar-refractivity contribution is 5.94. The highest BCUT2D eigenvalue weighted by Crippen LogP contribution is 2.12. The molecule has 1 aromatic carbocycles. The lowest BCUT2D eigenvalue weighted by molar-refractivity contribution is 0.0949. The molecule has 5 heteroatoms. The van der Waals surface area contributed by atoms with Gasteiger partial charge in [0, 0.05) is 18.7 Å². The van der Waals surface area contributed by atoms with Crippen LogP contribution in [0.3, 0.4) is 0 Å². The van der Waals surface area contributed by atoms with Gasteiger partial charge in [-0.1, -0.05) is 0 Å². The number of carbonyl (C=O) groups is 1. The molecule has 1 amide bonds. The lowest BCUT2D eigenvalue weighted by atomic mass is 10.2. The third-order valence-corrected chi connectivity index (χ3v) is 3.34. The van der Waals surface area contributed by atoms with Crippen molar-refractivity contribution in [1.82, 2.24) is 10.2 Å². The molecule has 1 saturated heterocycles. The Balaban J connectivity index is 0.00000200. The summed E-state index contributed by atoms with van der Waals surface area (Å²) >= 11 is 0. The maximum atomic E-state index is 11.9. The molecule has 1 aromatic rings. The Bertz CT molecular complexity index is 403. The number of nitrogens with zero attached hydrogens (tertiary/aromatic N) is 1. The minimum atomic E-state index is -0.0118. The molecule has 0 radical (unpaired) electrons. The largest absolute Gasteiger partial charge is 0.494 e. The molecular weight excluding hydrogens is 276 g/mol. The second-order valence-corrected chi connectivity index (χ2v) is 4.76. The average Bonchev–Trinajstić information content (AvgIpc) is 2.93. The molecule has 0 atom stereocenters. The molecule has 2 rings (SSSR count). The first-order chi connectivity index (χ1) is 9.29. The zero-order valence-electron chi connectivity index (χ0n) is 11.9. The summed E-state index contributed by atoms with van der Waals surface area (Å²) in [5.41, 5.74) is 0.685. The van der Waals surface area contributed by atoms with Crippen molar-refractivity contribution >= 4 is 18.3 Å². The maximum Gasteiger partial charge on any atom is 0.251 e. The fraction of sp³-hybridized carbons (Fsp3) is 0.533. The van der Waals surface area contributed by atoms with Gasteiger partial charge in [0.15, 0.2) is 0 Å². The van der Waals surface area contributed by atoms with Gasteiger partial charge in [-0.05, 0) is 57.1 Å². The summed E-state index contributed by atoms with van der Waals surface area (Å²) in [7, 11) is 0. The fourth-order valence-corrected chi connectivity index (χ4v) is 2.31. The molecule has 1 N–H and O–H groups in total. The van der Waals surface area contributed by atoms with Crippen LogP contribution >= 0.6 is 12.4 Å². The van der Waals surface area contributed by atoms with E-state index in [0.29, 0.717) is 18.7 Å². The first-order valence-corrected chi connectivity index (χ1v) is 7.03. The van der Waals surface area contributed by atoms with Crippen molar-refractivity contribution < 1.29 is 9.53 Å². The lowest BCUT2D eigenvalue weighted by Crippen LogP contribution is -2.33. The minimum Gasteiger partial charge on any atom is -0.494 e. The van der Waals surface area contributed by atoms with E-state index in [2.05, 4.69) is 10.2 Å². The van der Waals surface area contributed by atoms with E-state index in [1.54, 1.807) is 12.1 Å². The molecule has 1 aliphatic rings. The van der Waals surface area contributed by atoms with Crippen molar-refractivity contribution in [2.75, 3.05) is 32.8 Å². The third kappa shape index (κ3) is 5.02. The van der Waals surface area contributed by atoms with Gasteiger partial charge in [0.1, 0.15) is 5.75 Å². The summed E-state index contributed by atoms with van der Waals surface area (Å²) in [6, 6.07) is 7.27. The Labute approximate surface area is 126 Å². The van der Waals surface area contributed by atoms with E-state index in [1.807, 2.05) is 19.1 Å². The molecule has 1 fully saturated rings. The number of carbonyl (C=O) groups excluding carboxylic acids is 1. The molecule has 112 valence electrons. The third-order valence-electron chi connectivity index (χ3n) is 3.34. The first-order valence-electron chi connectivity index (χ1n) is 7.03. The van der Waals surface area contributed by atoms with Crippen molar-refractivity contribution in [2.24, 2.45) is 0 Å².